The number of nitrogens with one attached hydrogen (secondary N) is 2. The Bertz CT molecular complexity index is 994. The number of hydrogen-bond acceptors (Lipinski definition) is 5. The molecule has 8 heteroatoms. The fourth-order valence-electron chi connectivity index (χ4n) is 2.49. The van der Waals surface area contributed by atoms with E-state index < -0.39 is 10.9 Å². The van der Waals surface area contributed by atoms with Gasteiger partial charge in [-0.25, -0.2) is 4.79 Å². The number of H-pyrrole nitrogens is 1. The first kappa shape index (κ1) is 19.8. The summed E-state index contributed by atoms with van der Waals surface area (Å²) in [5.74, 6) is 0.525. The van der Waals surface area contributed by atoms with E-state index >= 15 is 0 Å². The number of hydrogen-bond donors (Lipinski definition) is 2. The van der Waals surface area contributed by atoms with E-state index in [1.807, 2.05) is 38.1 Å². The Morgan fingerprint density at radius 1 is 1.21 bits per heavy atom. The lowest BCUT2D eigenvalue weighted by Crippen LogP contribution is -2.37. The first-order valence-electron chi connectivity index (χ1n) is 8.89. The molecule has 0 aliphatic rings. The van der Waals surface area contributed by atoms with Crippen LogP contribution in [0.3, 0.4) is 0 Å². The average Bonchev–Trinajstić information content (AvgIpc) is 3.04. The minimum Gasteiger partial charge on any atom is -0.494 e. The number of carbonyl (C=O) groups excluding carboxylic acids is 1. The van der Waals surface area contributed by atoms with E-state index in [-0.39, 0.29) is 5.91 Å². The van der Waals surface area contributed by atoms with Crippen LogP contribution >= 0.6 is 11.8 Å². The molecule has 0 spiro atoms. The smallest absolute Gasteiger partial charge is 0.442 e. The van der Waals surface area contributed by atoms with Crippen molar-refractivity contribution in [1.82, 2.24) is 5.27 Å². The number of amides is 1. The van der Waals surface area contributed by atoms with Gasteiger partial charge in [-0.1, -0.05) is 17.7 Å². The van der Waals surface area contributed by atoms with E-state index in [1.54, 1.807) is 31.2 Å². The third-order valence-electron chi connectivity index (χ3n) is 3.99. The first-order chi connectivity index (χ1) is 13.5. The average molecular weight is 400 g/mol. The van der Waals surface area contributed by atoms with Crippen LogP contribution in [0.2, 0.25) is 0 Å². The monoisotopic (exact) mass is 400 g/mol. The lowest BCUT2D eigenvalue weighted by molar-refractivity contribution is -0.704. The van der Waals surface area contributed by atoms with Gasteiger partial charge in [-0.2, -0.15) is 0 Å². The van der Waals surface area contributed by atoms with Gasteiger partial charge >= 0.3 is 10.7 Å². The Morgan fingerprint density at radius 3 is 2.54 bits per heavy atom. The predicted octanol–water partition coefficient (Wildman–Crippen LogP) is 3.07. The van der Waals surface area contributed by atoms with Gasteiger partial charge in [-0.15, -0.1) is 0 Å². The minimum atomic E-state index is -0.522. The van der Waals surface area contributed by atoms with Gasteiger partial charge in [0.15, 0.2) is 0 Å². The molecule has 2 N–H and O–H groups in total. The van der Waals surface area contributed by atoms with Crippen molar-refractivity contribution < 1.29 is 18.7 Å². The van der Waals surface area contributed by atoms with Crippen LogP contribution in [0.5, 0.6) is 5.75 Å². The molecule has 0 fully saturated rings. The quantitative estimate of drug-likeness (QED) is 0.470. The molecular formula is C20H22N3O4S+. The van der Waals surface area contributed by atoms with Crippen molar-refractivity contribution in [3.63, 3.8) is 0 Å². The number of aromatic amines is 1. The zero-order valence-corrected chi connectivity index (χ0v) is 16.7. The second-order valence-corrected chi connectivity index (χ2v) is 7.49. The number of benzene rings is 2. The molecule has 1 atom stereocenters. The number of thioether (sulfide) groups is 1. The fourth-order valence-corrected chi connectivity index (χ4v) is 3.38. The molecule has 1 unspecified atom stereocenters. The van der Waals surface area contributed by atoms with Crippen LogP contribution in [-0.4, -0.2) is 23.0 Å². The molecule has 1 amide bonds. The Balaban J connectivity index is 1.71. The van der Waals surface area contributed by atoms with Crippen molar-refractivity contribution in [1.29, 1.82) is 0 Å². The van der Waals surface area contributed by atoms with E-state index in [9.17, 15) is 9.59 Å². The number of rotatable bonds is 7. The van der Waals surface area contributed by atoms with E-state index in [0.29, 0.717) is 17.3 Å². The van der Waals surface area contributed by atoms with Crippen LogP contribution in [0.15, 0.2) is 62.9 Å². The molecule has 3 rings (SSSR count). The van der Waals surface area contributed by atoms with E-state index in [0.717, 1.165) is 28.8 Å². The summed E-state index contributed by atoms with van der Waals surface area (Å²) in [6.07, 6.45) is 0. The zero-order valence-electron chi connectivity index (χ0n) is 15.9. The van der Waals surface area contributed by atoms with Gasteiger partial charge < -0.3 is 10.1 Å². The number of carbonyl (C=O) groups is 1. The van der Waals surface area contributed by atoms with Crippen LogP contribution in [0.1, 0.15) is 19.4 Å². The van der Waals surface area contributed by atoms with Crippen LogP contribution < -0.4 is 20.4 Å². The van der Waals surface area contributed by atoms with E-state index in [2.05, 4.69) is 10.6 Å². The maximum atomic E-state index is 12.5. The van der Waals surface area contributed by atoms with Crippen LogP contribution in [0.25, 0.3) is 5.69 Å². The Kier molecular flexibility index (Phi) is 6.20. The molecule has 1 aromatic heterocycles. The molecule has 2 aromatic carbocycles. The largest absolute Gasteiger partial charge is 0.494 e. The number of nitrogens with zero attached hydrogens (tertiary/aromatic N) is 1. The predicted molar refractivity (Wildman–Crippen MR) is 107 cm³/mol. The molecule has 7 nitrogen and oxygen atoms in total. The highest BCUT2D eigenvalue weighted by Crippen LogP contribution is 2.21. The summed E-state index contributed by atoms with van der Waals surface area (Å²) >= 11 is 1.13. The van der Waals surface area contributed by atoms with Gasteiger partial charge in [0, 0.05) is 17.8 Å². The van der Waals surface area contributed by atoms with Crippen molar-refractivity contribution in [3.8, 4) is 11.4 Å². The number of aromatic nitrogens is 2. The fraction of sp³-hybridized carbons (Fsp3) is 0.250. The van der Waals surface area contributed by atoms with Gasteiger partial charge in [0.25, 0.3) is 0 Å². The van der Waals surface area contributed by atoms with Crippen molar-refractivity contribution in [2.75, 3.05) is 11.9 Å². The molecule has 0 bridgehead atoms. The Labute approximate surface area is 166 Å². The molecule has 0 radical (unpaired) electrons. The molecule has 0 aliphatic heterocycles. The standard InChI is InChI=1S/C20H21N3O4S/c1-4-26-17-11-7-15(8-12-17)21-18(24)14(3)28-19-20(25)27-22-23(19)16-9-5-13(2)6-10-16/h5-12,14H,4H2,1-3H3,(H-,21,22,24,25)/p+1. The number of aryl methyl sites for hydroxylation is 1. The van der Waals surface area contributed by atoms with Crippen molar-refractivity contribution in [3.05, 3.63) is 64.5 Å². The maximum Gasteiger partial charge on any atom is 0.442 e. The van der Waals surface area contributed by atoms with Gasteiger partial charge in [-0.3, -0.25) is 9.32 Å². The molecule has 0 aliphatic carbocycles. The third-order valence-corrected chi connectivity index (χ3v) is 5.13. The first-order valence-corrected chi connectivity index (χ1v) is 9.77. The normalized spacial score (nSPS) is 11.8. The molecule has 146 valence electrons. The lowest BCUT2D eigenvalue weighted by atomic mass is 10.2. The summed E-state index contributed by atoms with van der Waals surface area (Å²) in [6.45, 7) is 6.21. The number of anilines is 1. The van der Waals surface area contributed by atoms with Crippen LogP contribution in [0, 0.1) is 6.92 Å². The molecule has 28 heavy (non-hydrogen) atoms. The highest BCUT2D eigenvalue weighted by Gasteiger charge is 2.29. The van der Waals surface area contributed by atoms with Crippen molar-refractivity contribution in [2.24, 2.45) is 0 Å². The maximum absolute atomic E-state index is 12.5. The Morgan fingerprint density at radius 2 is 1.89 bits per heavy atom. The van der Waals surface area contributed by atoms with Gasteiger partial charge in [0.1, 0.15) is 5.75 Å². The second-order valence-electron chi connectivity index (χ2n) is 6.16. The van der Waals surface area contributed by atoms with E-state index in [1.165, 1.54) is 4.68 Å². The summed E-state index contributed by atoms with van der Waals surface area (Å²) in [7, 11) is 0. The second kappa shape index (κ2) is 8.79. The summed E-state index contributed by atoms with van der Waals surface area (Å²) in [5.41, 5.74) is 1.99. The van der Waals surface area contributed by atoms with Gasteiger partial charge in [-0.05, 0) is 66.8 Å². The third kappa shape index (κ3) is 4.64. The Hall–Kier alpha value is -3.00. The van der Waals surface area contributed by atoms with Gasteiger partial charge in [0.05, 0.1) is 11.9 Å². The molecule has 0 saturated carbocycles. The summed E-state index contributed by atoms with van der Waals surface area (Å²) in [4.78, 5) is 24.6. The molecular weight excluding hydrogens is 378 g/mol. The zero-order chi connectivity index (χ0) is 20.1. The molecule has 3 aromatic rings. The molecule has 0 saturated heterocycles. The van der Waals surface area contributed by atoms with Crippen molar-refractivity contribution in [2.45, 2.75) is 31.0 Å². The van der Waals surface area contributed by atoms with Gasteiger partial charge in [0.2, 0.25) is 11.6 Å². The number of ether oxygens (including phenoxy) is 1. The van der Waals surface area contributed by atoms with E-state index in [4.69, 9.17) is 9.26 Å². The summed E-state index contributed by atoms with van der Waals surface area (Å²) < 4.78 is 11.9. The van der Waals surface area contributed by atoms with Crippen LogP contribution in [0.4, 0.5) is 5.69 Å². The lowest BCUT2D eigenvalue weighted by Gasteiger charge is -2.10. The van der Waals surface area contributed by atoms with Crippen LogP contribution in [-0.2, 0) is 4.79 Å². The highest BCUT2D eigenvalue weighted by molar-refractivity contribution is 8.00. The van der Waals surface area contributed by atoms with Crippen molar-refractivity contribution >= 4 is 23.4 Å². The topological polar surface area (TPSA) is 88.2 Å². The highest BCUT2D eigenvalue weighted by atomic mass is 32.2. The minimum absolute atomic E-state index is 0.217. The molecule has 1 heterocycles. The summed E-state index contributed by atoms with van der Waals surface area (Å²) in [6, 6.07) is 14.8. The summed E-state index contributed by atoms with van der Waals surface area (Å²) in [5, 5.41) is 5.22. The SMILES string of the molecule is CCOc1ccc(NC(=O)C(C)Sc2c(=O)o[nH][n+]2-c2ccc(C)cc2)cc1.